The largest absolute Gasteiger partial charge is 0.321 e. The molecule has 0 spiro atoms. The van der Waals surface area contributed by atoms with Gasteiger partial charge in [0.05, 0.1) is 4.47 Å². The highest BCUT2D eigenvalue weighted by molar-refractivity contribution is 9.10. The predicted molar refractivity (Wildman–Crippen MR) is 92.2 cm³/mol. The monoisotopic (exact) mass is 372 g/mol. The van der Waals surface area contributed by atoms with Crippen LogP contribution in [0, 0.1) is 31.0 Å². The summed E-state index contributed by atoms with van der Waals surface area (Å²) in [4.78, 5) is 12.3. The third-order valence-electron chi connectivity index (χ3n) is 3.34. The van der Waals surface area contributed by atoms with E-state index in [1.54, 1.807) is 0 Å². The summed E-state index contributed by atoms with van der Waals surface area (Å²) in [5.41, 5.74) is 3.04. The molecular formula is C18H14BrFN2O. The molecule has 0 saturated carbocycles. The minimum atomic E-state index is -0.495. The first-order valence-corrected chi connectivity index (χ1v) is 7.66. The number of anilines is 1. The van der Waals surface area contributed by atoms with Crippen LogP contribution in [0.2, 0.25) is 0 Å². The van der Waals surface area contributed by atoms with Crippen LogP contribution in [0.5, 0.6) is 0 Å². The number of nitrogens with one attached hydrogen (secondary N) is 1. The number of halogens is 2. The number of aryl methyl sites for hydroxylation is 2. The molecule has 23 heavy (non-hydrogen) atoms. The number of nitrogens with zero attached hydrogens (tertiary/aromatic N) is 1. The molecule has 0 unspecified atom stereocenters. The van der Waals surface area contributed by atoms with Crippen LogP contribution in [0.4, 0.5) is 10.1 Å². The van der Waals surface area contributed by atoms with E-state index < -0.39 is 11.7 Å². The standard InChI is InChI=1S/C18H14BrFN2O/c1-11-4-3-5-12(2)17(11)22-18(23)14(10-21)8-13-6-7-16(20)15(19)9-13/h3-9H,1-2H3,(H,22,23)/b14-8+. The quantitative estimate of drug-likeness (QED) is 0.624. The van der Waals surface area contributed by atoms with E-state index in [1.165, 1.54) is 24.3 Å². The Hall–Kier alpha value is -2.45. The van der Waals surface area contributed by atoms with E-state index in [0.717, 1.165) is 11.1 Å². The van der Waals surface area contributed by atoms with Crippen molar-refractivity contribution in [2.24, 2.45) is 0 Å². The molecule has 0 bridgehead atoms. The van der Waals surface area contributed by atoms with Crippen molar-refractivity contribution >= 4 is 33.6 Å². The third-order valence-corrected chi connectivity index (χ3v) is 3.95. The number of carbonyl (C=O) groups is 1. The highest BCUT2D eigenvalue weighted by Gasteiger charge is 2.12. The fourth-order valence-corrected chi connectivity index (χ4v) is 2.51. The zero-order valence-electron chi connectivity index (χ0n) is 12.7. The smallest absolute Gasteiger partial charge is 0.266 e. The number of benzene rings is 2. The second-order valence-corrected chi connectivity index (χ2v) is 5.92. The van der Waals surface area contributed by atoms with Gasteiger partial charge in [-0.3, -0.25) is 4.79 Å². The number of hydrogen-bond donors (Lipinski definition) is 1. The number of hydrogen-bond acceptors (Lipinski definition) is 2. The van der Waals surface area contributed by atoms with Crippen LogP contribution in [0.3, 0.4) is 0 Å². The first kappa shape index (κ1) is 16.9. The second kappa shape index (κ2) is 7.21. The molecule has 0 aliphatic heterocycles. The minimum Gasteiger partial charge on any atom is -0.321 e. The second-order valence-electron chi connectivity index (χ2n) is 5.06. The maximum atomic E-state index is 13.2. The van der Waals surface area contributed by atoms with Crippen LogP contribution >= 0.6 is 15.9 Å². The van der Waals surface area contributed by atoms with Gasteiger partial charge in [-0.1, -0.05) is 24.3 Å². The Balaban J connectivity index is 2.30. The Bertz CT molecular complexity index is 817. The minimum absolute atomic E-state index is 0.0499. The van der Waals surface area contributed by atoms with Crippen molar-refractivity contribution in [2.75, 3.05) is 5.32 Å². The van der Waals surface area contributed by atoms with Crippen molar-refractivity contribution in [1.29, 1.82) is 5.26 Å². The Morgan fingerprint density at radius 2 is 1.91 bits per heavy atom. The van der Waals surface area contributed by atoms with Crippen molar-refractivity contribution in [3.8, 4) is 6.07 Å². The van der Waals surface area contributed by atoms with Crippen LogP contribution in [0.15, 0.2) is 46.4 Å². The van der Waals surface area contributed by atoms with E-state index in [4.69, 9.17) is 0 Å². The molecule has 2 aromatic carbocycles. The van der Waals surface area contributed by atoms with Gasteiger partial charge in [0.2, 0.25) is 0 Å². The molecule has 0 aromatic heterocycles. The van der Waals surface area contributed by atoms with Gasteiger partial charge < -0.3 is 5.32 Å². The van der Waals surface area contributed by atoms with Crippen LogP contribution in [-0.2, 0) is 4.79 Å². The van der Waals surface area contributed by atoms with Crippen molar-refractivity contribution in [3.05, 3.63) is 69.0 Å². The number of nitriles is 1. The molecule has 0 saturated heterocycles. The van der Waals surface area contributed by atoms with Crippen molar-refractivity contribution in [2.45, 2.75) is 13.8 Å². The molecule has 0 aliphatic carbocycles. The van der Waals surface area contributed by atoms with Crippen LogP contribution in [0.1, 0.15) is 16.7 Å². The van der Waals surface area contributed by atoms with Gasteiger partial charge in [-0.2, -0.15) is 5.26 Å². The molecule has 1 amide bonds. The van der Waals surface area contributed by atoms with E-state index in [-0.39, 0.29) is 10.0 Å². The lowest BCUT2D eigenvalue weighted by Gasteiger charge is -2.10. The van der Waals surface area contributed by atoms with E-state index >= 15 is 0 Å². The Morgan fingerprint density at radius 3 is 2.48 bits per heavy atom. The average Bonchev–Trinajstić information content (AvgIpc) is 2.52. The molecule has 0 fully saturated rings. The zero-order chi connectivity index (χ0) is 17.0. The van der Waals surface area contributed by atoms with Gasteiger partial charge in [0.25, 0.3) is 5.91 Å². The maximum absolute atomic E-state index is 13.2. The van der Waals surface area contributed by atoms with Crippen LogP contribution in [-0.4, -0.2) is 5.91 Å². The Kier molecular flexibility index (Phi) is 5.30. The van der Waals surface area contributed by atoms with Crippen molar-refractivity contribution in [1.82, 2.24) is 0 Å². The molecule has 3 nitrogen and oxygen atoms in total. The number of carbonyl (C=O) groups excluding carboxylic acids is 1. The van der Waals surface area contributed by atoms with Gasteiger partial charge in [-0.15, -0.1) is 0 Å². The average molecular weight is 373 g/mol. The van der Waals surface area contributed by atoms with E-state index in [9.17, 15) is 14.4 Å². The lowest BCUT2D eigenvalue weighted by molar-refractivity contribution is -0.112. The molecule has 0 aliphatic rings. The molecule has 0 heterocycles. The van der Waals surface area contributed by atoms with E-state index in [2.05, 4.69) is 21.2 Å². The van der Waals surface area contributed by atoms with Crippen molar-refractivity contribution < 1.29 is 9.18 Å². The maximum Gasteiger partial charge on any atom is 0.266 e. The van der Waals surface area contributed by atoms with Crippen LogP contribution < -0.4 is 5.32 Å². The first-order chi connectivity index (χ1) is 10.9. The summed E-state index contributed by atoms with van der Waals surface area (Å²) in [6, 6.07) is 11.8. The highest BCUT2D eigenvalue weighted by atomic mass is 79.9. The van der Waals surface area contributed by atoms with Gasteiger partial charge in [0.15, 0.2) is 0 Å². The Morgan fingerprint density at radius 1 is 1.26 bits per heavy atom. The molecule has 0 atom stereocenters. The molecule has 116 valence electrons. The molecule has 0 radical (unpaired) electrons. The van der Waals surface area contributed by atoms with Gasteiger partial charge in [0.1, 0.15) is 17.5 Å². The first-order valence-electron chi connectivity index (χ1n) is 6.87. The fraction of sp³-hybridized carbons (Fsp3) is 0.111. The lowest BCUT2D eigenvalue weighted by Crippen LogP contribution is -2.15. The summed E-state index contributed by atoms with van der Waals surface area (Å²) in [6.45, 7) is 3.77. The summed E-state index contributed by atoms with van der Waals surface area (Å²) in [7, 11) is 0. The molecule has 2 aromatic rings. The summed E-state index contributed by atoms with van der Waals surface area (Å²) < 4.78 is 13.5. The summed E-state index contributed by atoms with van der Waals surface area (Å²) >= 11 is 3.08. The molecule has 5 heteroatoms. The predicted octanol–water partition coefficient (Wildman–Crippen LogP) is 4.75. The molecule has 1 N–H and O–H groups in total. The van der Waals surface area contributed by atoms with Gasteiger partial charge in [-0.25, -0.2) is 4.39 Å². The van der Waals surface area contributed by atoms with Crippen molar-refractivity contribution in [3.63, 3.8) is 0 Å². The highest BCUT2D eigenvalue weighted by Crippen LogP contribution is 2.21. The third kappa shape index (κ3) is 4.05. The Labute approximate surface area is 142 Å². The van der Waals surface area contributed by atoms with Crippen LogP contribution in [0.25, 0.3) is 6.08 Å². The van der Waals surface area contributed by atoms with Gasteiger partial charge >= 0.3 is 0 Å². The van der Waals surface area contributed by atoms with Gasteiger partial charge in [-0.05, 0) is 64.7 Å². The number of para-hydroxylation sites is 1. The molecular weight excluding hydrogens is 359 g/mol. The van der Waals surface area contributed by atoms with Gasteiger partial charge in [0, 0.05) is 5.69 Å². The SMILES string of the molecule is Cc1cccc(C)c1NC(=O)/C(C#N)=C/c1ccc(F)c(Br)c1. The topological polar surface area (TPSA) is 52.9 Å². The fourth-order valence-electron chi connectivity index (χ4n) is 2.11. The summed E-state index contributed by atoms with van der Waals surface area (Å²) in [5, 5.41) is 12.0. The number of amides is 1. The normalized spacial score (nSPS) is 11.0. The van der Waals surface area contributed by atoms with E-state index in [1.807, 2.05) is 38.1 Å². The zero-order valence-corrected chi connectivity index (χ0v) is 14.2. The lowest BCUT2D eigenvalue weighted by atomic mass is 10.1. The number of rotatable bonds is 3. The van der Waals surface area contributed by atoms with E-state index in [0.29, 0.717) is 11.3 Å². The molecule has 2 rings (SSSR count). The summed E-state index contributed by atoms with van der Waals surface area (Å²) in [5.74, 6) is -0.897. The summed E-state index contributed by atoms with van der Waals surface area (Å²) in [6.07, 6.45) is 1.42.